The summed E-state index contributed by atoms with van der Waals surface area (Å²) in [6.45, 7) is 0. The number of anilines is 2. The van der Waals surface area contributed by atoms with Gasteiger partial charge in [-0.2, -0.15) is 31.8 Å². The first-order chi connectivity index (χ1) is 20.7. The van der Waals surface area contributed by atoms with Gasteiger partial charge in [-0.1, -0.05) is 11.8 Å². The van der Waals surface area contributed by atoms with Crippen LogP contribution in [0.2, 0.25) is 5.28 Å². The lowest BCUT2D eigenvalue weighted by atomic mass is 10.2. The van der Waals surface area contributed by atoms with Crippen LogP contribution in [-0.2, 0) is 39.3 Å². The van der Waals surface area contributed by atoms with Crippen LogP contribution < -0.4 is 5.32 Å². The number of halogens is 1. The highest BCUT2D eigenvalue weighted by Crippen LogP contribution is 2.35. The number of hydrogen-bond acceptors (Lipinski definition) is 17. The smallest absolute Gasteiger partial charge is 0.433 e. The zero-order valence-electron chi connectivity index (χ0n) is 21.6. The van der Waals surface area contributed by atoms with E-state index in [1.807, 2.05) is 0 Å². The van der Waals surface area contributed by atoms with Crippen molar-refractivity contribution in [2.24, 2.45) is 15.2 Å². The molecule has 23 heteroatoms. The third-order valence-electron chi connectivity index (χ3n) is 4.29. The highest BCUT2D eigenvalue weighted by molar-refractivity contribution is 8.04. The van der Waals surface area contributed by atoms with Crippen LogP contribution in [0, 0.1) is 11.4 Å². The highest BCUT2D eigenvalue weighted by Gasteiger charge is 2.17. The third kappa shape index (κ3) is 11.5. The molecule has 0 saturated heterocycles. The first-order valence-corrected chi connectivity index (χ1v) is 16.0. The molecular formula is C21H16ClN7O11S4. The molecule has 0 bridgehead atoms. The van der Waals surface area contributed by atoms with Crippen molar-refractivity contribution in [3.63, 3.8) is 0 Å². The molecule has 0 amide bonds. The average Bonchev–Trinajstić information content (AvgIpc) is 2.93. The summed E-state index contributed by atoms with van der Waals surface area (Å²) in [7, 11) is -8.33. The van der Waals surface area contributed by atoms with Gasteiger partial charge in [-0.05, 0) is 64.1 Å². The van der Waals surface area contributed by atoms with E-state index < -0.39 is 31.4 Å². The Balaban J connectivity index is 1.87. The van der Waals surface area contributed by atoms with Crippen LogP contribution in [-0.4, -0.2) is 71.2 Å². The molecule has 0 spiro atoms. The summed E-state index contributed by atoms with van der Waals surface area (Å²) in [5.74, 6) is -1.36. The third-order valence-corrected chi connectivity index (χ3v) is 7.09. The van der Waals surface area contributed by atoms with Crippen molar-refractivity contribution in [3.8, 4) is 11.4 Å². The normalized spacial score (nSPS) is 11.7. The fourth-order valence-electron chi connectivity index (χ4n) is 2.72. The molecule has 2 aromatic carbocycles. The predicted octanol–water partition coefficient (Wildman–Crippen LogP) is 4.18. The summed E-state index contributed by atoms with van der Waals surface area (Å²) < 4.78 is 71.4. The molecule has 0 aliphatic heterocycles. The molecule has 3 rings (SSSR count). The van der Waals surface area contributed by atoms with E-state index in [0.717, 1.165) is 24.2 Å². The van der Waals surface area contributed by atoms with Crippen molar-refractivity contribution in [3.05, 3.63) is 41.7 Å². The zero-order valence-corrected chi connectivity index (χ0v) is 25.6. The highest BCUT2D eigenvalue weighted by atomic mass is 35.5. The van der Waals surface area contributed by atoms with E-state index in [1.54, 1.807) is 6.11 Å². The second-order valence-electron chi connectivity index (χ2n) is 7.38. The zero-order chi connectivity index (χ0) is 32.3. The summed E-state index contributed by atoms with van der Waals surface area (Å²) in [5, 5.41) is 21.8. The number of carboxylic acid groups (broad SMARTS) is 1. The predicted molar refractivity (Wildman–Crippen MR) is 156 cm³/mol. The summed E-state index contributed by atoms with van der Waals surface area (Å²) in [6.07, 6.45) is 2.89. The van der Waals surface area contributed by atoms with Gasteiger partial charge in [-0.25, -0.2) is 4.99 Å². The molecule has 0 atom stereocenters. The van der Waals surface area contributed by atoms with E-state index in [0.29, 0.717) is 17.4 Å². The fourth-order valence-corrected chi connectivity index (χ4v) is 4.83. The van der Waals surface area contributed by atoms with Crippen LogP contribution in [0.15, 0.2) is 66.6 Å². The molecule has 0 fully saturated rings. The molecule has 1 aromatic heterocycles. The maximum atomic E-state index is 12.0. The van der Waals surface area contributed by atoms with Crippen molar-refractivity contribution in [1.82, 2.24) is 15.0 Å². The molecule has 0 saturated carbocycles. The van der Waals surface area contributed by atoms with Crippen molar-refractivity contribution in [2.75, 3.05) is 18.2 Å². The molecule has 44 heavy (non-hydrogen) atoms. The number of aromatic nitrogens is 3. The van der Waals surface area contributed by atoms with Gasteiger partial charge in [0.2, 0.25) is 11.2 Å². The lowest BCUT2D eigenvalue weighted by molar-refractivity contribution is -0.135. The van der Waals surface area contributed by atoms with Gasteiger partial charge in [0.05, 0.1) is 18.6 Å². The number of carbonyl (C=O) groups is 1. The van der Waals surface area contributed by atoms with Crippen molar-refractivity contribution >= 4 is 96.7 Å². The monoisotopic (exact) mass is 705 g/mol. The molecule has 0 aliphatic carbocycles. The van der Waals surface area contributed by atoms with Gasteiger partial charge < -0.3 is 15.2 Å². The minimum absolute atomic E-state index is 0.00639. The molecular weight excluding hydrogens is 690 g/mol. The number of benzene rings is 2. The minimum Gasteiger partial charge on any atom is -0.486 e. The molecule has 0 radical (unpaired) electrons. The number of azo groups is 1. The fraction of sp³-hybridized carbons (Fsp3) is 0.0952. The van der Waals surface area contributed by atoms with Crippen LogP contribution in [0.5, 0.6) is 0 Å². The molecule has 3 aromatic rings. The van der Waals surface area contributed by atoms with E-state index >= 15 is 0 Å². The lowest BCUT2D eigenvalue weighted by Gasteiger charge is -2.08. The first kappa shape index (κ1) is 34.4. The van der Waals surface area contributed by atoms with Gasteiger partial charge >= 0.3 is 16.4 Å². The van der Waals surface area contributed by atoms with E-state index in [1.165, 1.54) is 37.4 Å². The average molecular weight is 706 g/mol. The Morgan fingerprint density at radius 1 is 1.07 bits per heavy atom. The van der Waals surface area contributed by atoms with E-state index in [2.05, 4.69) is 50.0 Å². The number of carboxylic acids is 1. The lowest BCUT2D eigenvalue weighted by Crippen LogP contribution is -2.03. The number of methoxy groups -OCH3 is 1. The Kier molecular flexibility index (Phi) is 12.2. The van der Waals surface area contributed by atoms with E-state index in [9.17, 15) is 26.2 Å². The maximum Gasteiger partial charge on any atom is 0.433 e. The Morgan fingerprint density at radius 3 is 2.48 bits per heavy atom. The molecule has 4 N–H and O–H groups in total. The maximum absolute atomic E-state index is 12.0. The number of rotatable bonds is 13. The van der Waals surface area contributed by atoms with Crippen molar-refractivity contribution in [2.45, 2.75) is 14.9 Å². The van der Waals surface area contributed by atoms with Gasteiger partial charge in [0.1, 0.15) is 16.3 Å². The summed E-state index contributed by atoms with van der Waals surface area (Å²) >= 11 is 7.43. The Morgan fingerprint density at radius 2 is 1.80 bits per heavy atom. The van der Waals surface area contributed by atoms with E-state index in [4.69, 9.17) is 26.0 Å². The second-order valence-corrected chi connectivity index (χ2v) is 11.9. The molecule has 1 heterocycles. The van der Waals surface area contributed by atoms with Crippen LogP contribution >= 0.6 is 35.1 Å². The number of nitrogens with one attached hydrogen (secondary N) is 1. The second kappa shape index (κ2) is 15.6. The summed E-state index contributed by atoms with van der Waals surface area (Å²) in [6, 6.07) is 8.07. The Bertz CT molecular complexity index is 1880. The van der Waals surface area contributed by atoms with Crippen LogP contribution in [0.1, 0.15) is 0 Å². The number of ether oxygens (including phenoxy) is 1. The SMILES string of the molecule is CO/C=N\c1cc(Nc2nc(Cl)nc(SCC(=O)O)n2)ccc1N=Nc1ccc(SC#COOS(=O)(=O)O)cc1S(=O)(=O)O. The quantitative estimate of drug-likeness (QED) is 0.0284. The number of nitrogens with zero attached hydrogens (tertiary/aromatic N) is 6. The van der Waals surface area contributed by atoms with Gasteiger partial charge in [0.25, 0.3) is 10.1 Å². The summed E-state index contributed by atoms with van der Waals surface area (Å²) in [4.78, 5) is 30.4. The minimum atomic E-state index is -4.88. The van der Waals surface area contributed by atoms with Gasteiger partial charge in [-0.15, -0.1) is 10.2 Å². The van der Waals surface area contributed by atoms with Gasteiger partial charge in [-0.3, -0.25) is 18.8 Å². The Labute approximate surface area is 262 Å². The molecule has 0 aliphatic rings. The van der Waals surface area contributed by atoms with Crippen LogP contribution in [0.4, 0.5) is 28.7 Å². The van der Waals surface area contributed by atoms with Gasteiger partial charge in [0.15, 0.2) is 17.7 Å². The topological polar surface area (TPSA) is 262 Å². The summed E-state index contributed by atoms with van der Waals surface area (Å²) in [5.41, 5.74) is 0.447. The van der Waals surface area contributed by atoms with Gasteiger partial charge in [0, 0.05) is 15.8 Å². The molecule has 232 valence electrons. The number of aliphatic imine (C=N–C) groups is 1. The number of aliphatic carboxylic acids is 1. The molecule has 0 unspecified atom stereocenters. The van der Waals surface area contributed by atoms with Crippen molar-refractivity contribution < 1.29 is 49.8 Å². The van der Waals surface area contributed by atoms with E-state index in [-0.39, 0.29) is 44.1 Å². The number of hydrogen-bond donors (Lipinski definition) is 4. The Hall–Kier alpha value is -4.08. The van der Waals surface area contributed by atoms with Crippen LogP contribution in [0.3, 0.4) is 0 Å². The largest absolute Gasteiger partial charge is 0.486 e. The first-order valence-electron chi connectivity index (χ1n) is 11.0. The standard InChI is InChI=1S/C21H16ClN7O11S4/c1-38-11-23-16-8-12(24-20-25-19(22)26-21(27-20)42-10-18(30)31)2-4-14(16)28-29-15-5-3-13(9-17(15)43(32,33)34)41-7-6-39-40-44(35,36)37/h2-5,8-9,11H,10H2,1H3,(H,30,31)(H,32,33,34)(H,35,36,37)(H,24,25,26,27)/b23-11-,29-28?. The number of thioether (sulfide) groups is 2. The van der Waals surface area contributed by atoms with Crippen LogP contribution in [0.25, 0.3) is 0 Å². The van der Waals surface area contributed by atoms with Crippen molar-refractivity contribution in [1.29, 1.82) is 0 Å². The molecule has 18 nitrogen and oxygen atoms in total.